The van der Waals surface area contributed by atoms with Gasteiger partial charge in [0.25, 0.3) is 5.91 Å². The summed E-state index contributed by atoms with van der Waals surface area (Å²) in [5.41, 5.74) is 1.60. The molecule has 2 rings (SSSR count). The third-order valence-electron chi connectivity index (χ3n) is 3.79. The third kappa shape index (κ3) is 5.77. The van der Waals surface area contributed by atoms with Gasteiger partial charge < -0.3 is 14.8 Å². The summed E-state index contributed by atoms with van der Waals surface area (Å²) >= 11 is 6.05. The van der Waals surface area contributed by atoms with Crippen molar-refractivity contribution in [1.29, 1.82) is 0 Å². The molecule has 0 radical (unpaired) electrons. The first kappa shape index (κ1) is 19.8. The molecule has 1 N–H and O–H groups in total. The molecule has 2 aromatic rings. The largest absolute Gasteiger partial charge is 0.483 e. The van der Waals surface area contributed by atoms with Crippen LogP contribution in [0.25, 0.3) is 0 Å². The number of amides is 1. The van der Waals surface area contributed by atoms with Crippen molar-refractivity contribution in [2.45, 2.75) is 26.3 Å². The molecule has 26 heavy (non-hydrogen) atoms. The number of hydrogen-bond acceptors (Lipinski definition) is 4. The summed E-state index contributed by atoms with van der Waals surface area (Å²) in [7, 11) is 0. The Balaban J connectivity index is 2.01. The SMILES string of the molecule is CCOC(=O)CC(NC(=O)COc1cccc(Cl)c1C)c1ccccc1. The van der Waals surface area contributed by atoms with Gasteiger partial charge in [-0.1, -0.05) is 48.0 Å². The summed E-state index contributed by atoms with van der Waals surface area (Å²) in [6.45, 7) is 3.69. The van der Waals surface area contributed by atoms with Crippen molar-refractivity contribution in [2.75, 3.05) is 13.2 Å². The summed E-state index contributed by atoms with van der Waals surface area (Å²) < 4.78 is 10.6. The fraction of sp³-hybridized carbons (Fsp3) is 0.300. The van der Waals surface area contributed by atoms with Crippen molar-refractivity contribution in [3.05, 3.63) is 64.7 Å². The van der Waals surface area contributed by atoms with Crippen LogP contribution in [-0.2, 0) is 14.3 Å². The van der Waals surface area contributed by atoms with E-state index in [1.54, 1.807) is 25.1 Å². The Labute approximate surface area is 158 Å². The topological polar surface area (TPSA) is 64.6 Å². The van der Waals surface area contributed by atoms with Gasteiger partial charge in [-0.05, 0) is 31.5 Å². The lowest BCUT2D eigenvalue weighted by Gasteiger charge is -2.19. The van der Waals surface area contributed by atoms with Crippen molar-refractivity contribution in [2.24, 2.45) is 0 Å². The van der Waals surface area contributed by atoms with Gasteiger partial charge in [0.1, 0.15) is 5.75 Å². The molecule has 5 nitrogen and oxygen atoms in total. The number of benzene rings is 2. The minimum Gasteiger partial charge on any atom is -0.483 e. The van der Waals surface area contributed by atoms with Gasteiger partial charge in [-0.3, -0.25) is 9.59 Å². The highest BCUT2D eigenvalue weighted by atomic mass is 35.5. The average Bonchev–Trinajstić information content (AvgIpc) is 2.63. The normalized spacial score (nSPS) is 11.5. The molecule has 2 aromatic carbocycles. The van der Waals surface area contributed by atoms with Gasteiger partial charge in [0.15, 0.2) is 6.61 Å². The molecule has 0 bridgehead atoms. The van der Waals surface area contributed by atoms with Crippen LogP contribution in [0.1, 0.15) is 30.5 Å². The maximum absolute atomic E-state index is 12.3. The van der Waals surface area contributed by atoms with Crippen molar-refractivity contribution in [3.8, 4) is 5.75 Å². The molecule has 0 saturated carbocycles. The smallest absolute Gasteiger partial charge is 0.308 e. The van der Waals surface area contributed by atoms with Crippen LogP contribution in [0.4, 0.5) is 0 Å². The summed E-state index contributed by atoms with van der Waals surface area (Å²) in [6.07, 6.45) is 0.0553. The van der Waals surface area contributed by atoms with E-state index in [4.69, 9.17) is 21.1 Å². The predicted molar refractivity (Wildman–Crippen MR) is 100 cm³/mol. The van der Waals surface area contributed by atoms with Crippen molar-refractivity contribution < 1.29 is 19.1 Å². The number of halogens is 1. The first-order valence-corrected chi connectivity index (χ1v) is 8.77. The van der Waals surface area contributed by atoms with Crippen LogP contribution in [0.15, 0.2) is 48.5 Å². The summed E-state index contributed by atoms with van der Waals surface area (Å²) in [6, 6.07) is 14.1. The second kappa shape index (κ2) is 9.82. The highest BCUT2D eigenvalue weighted by Crippen LogP contribution is 2.25. The van der Waals surface area contributed by atoms with Crippen LogP contribution < -0.4 is 10.1 Å². The van der Waals surface area contributed by atoms with Gasteiger partial charge in [0.05, 0.1) is 19.1 Å². The molecular formula is C20H22ClNO4. The number of carbonyl (C=O) groups excluding carboxylic acids is 2. The zero-order valence-electron chi connectivity index (χ0n) is 14.8. The average molecular weight is 376 g/mol. The molecule has 0 saturated heterocycles. The van der Waals surface area contributed by atoms with Gasteiger partial charge in [0.2, 0.25) is 0 Å². The van der Waals surface area contributed by atoms with Crippen LogP contribution in [0.5, 0.6) is 5.75 Å². The van der Waals surface area contributed by atoms with E-state index in [2.05, 4.69) is 5.32 Å². The summed E-state index contributed by atoms with van der Waals surface area (Å²) in [5.74, 6) is -0.148. The Bertz CT molecular complexity index is 749. The molecular weight excluding hydrogens is 354 g/mol. The fourth-order valence-corrected chi connectivity index (χ4v) is 2.61. The van der Waals surface area contributed by atoms with E-state index in [1.807, 2.05) is 37.3 Å². The molecule has 0 aromatic heterocycles. The molecule has 1 amide bonds. The number of rotatable bonds is 8. The summed E-state index contributed by atoms with van der Waals surface area (Å²) in [5, 5.41) is 3.41. The standard InChI is InChI=1S/C20H22ClNO4/c1-3-25-20(24)12-17(15-8-5-4-6-9-15)22-19(23)13-26-18-11-7-10-16(21)14(18)2/h4-11,17H,3,12-13H2,1-2H3,(H,22,23). The summed E-state index contributed by atoms with van der Waals surface area (Å²) in [4.78, 5) is 24.2. The second-order valence-electron chi connectivity index (χ2n) is 5.69. The lowest BCUT2D eigenvalue weighted by Crippen LogP contribution is -2.34. The van der Waals surface area contributed by atoms with Crippen molar-refractivity contribution >= 4 is 23.5 Å². The van der Waals surface area contributed by atoms with Gasteiger partial charge in [-0.25, -0.2) is 0 Å². The van der Waals surface area contributed by atoms with E-state index >= 15 is 0 Å². The molecule has 0 aliphatic rings. The number of hydrogen-bond donors (Lipinski definition) is 1. The Morgan fingerprint density at radius 1 is 1.12 bits per heavy atom. The first-order chi connectivity index (χ1) is 12.5. The maximum Gasteiger partial charge on any atom is 0.308 e. The lowest BCUT2D eigenvalue weighted by molar-refractivity contribution is -0.143. The molecule has 0 aliphatic heterocycles. The number of ether oxygens (including phenoxy) is 2. The van der Waals surface area contributed by atoms with E-state index in [9.17, 15) is 9.59 Å². The van der Waals surface area contributed by atoms with Gasteiger partial charge in [-0.15, -0.1) is 0 Å². The molecule has 0 heterocycles. The molecule has 0 aliphatic carbocycles. The lowest BCUT2D eigenvalue weighted by atomic mass is 10.0. The van der Waals surface area contributed by atoms with Crippen molar-refractivity contribution in [1.82, 2.24) is 5.32 Å². The van der Waals surface area contributed by atoms with E-state index in [0.717, 1.165) is 11.1 Å². The first-order valence-electron chi connectivity index (χ1n) is 8.39. The van der Waals surface area contributed by atoms with Crippen LogP contribution in [0, 0.1) is 6.92 Å². The Morgan fingerprint density at radius 3 is 2.54 bits per heavy atom. The quantitative estimate of drug-likeness (QED) is 0.712. The minimum absolute atomic E-state index is 0.0553. The molecule has 138 valence electrons. The second-order valence-corrected chi connectivity index (χ2v) is 6.10. The van der Waals surface area contributed by atoms with Crippen LogP contribution in [-0.4, -0.2) is 25.1 Å². The highest BCUT2D eigenvalue weighted by molar-refractivity contribution is 6.31. The third-order valence-corrected chi connectivity index (χ3v) is 4.20. The highest BCUT2D eigenvalue weighted by Gasteiger charge is 2.19. The van der Waals surface area contributed by atoms with E-state index in [-0.39, 0.29) is 24.9 Å². The molecule has 1 atom stereocenters. The molecule has 0 spiro atoms. The van der Waals surface area contributed by atoms with E-state index in [1.165, 1.54) is 0 Å². The van der Waals surface area contributed by atoms with Gasteiger partial charge in [0, 0.05) is 10.6 Å². The van der Waals surface area contributed by atoms with E-state index in [0.29, 0.717) is 17.4 Å². The van der Waals surface area contributed by atoms with Crippen molar-refractivity contribution in [3.63, 3.8) is 0 Å². The van der Waals surface area contributed by atoms with Crippen LogP contribution in [0.2, 0.25) is 5.02 Å². The van der Waals surface area contributed by atoms with Gasteiger partial charge >= 0.3 is 5.97 Å². The Kier molecular flexibility index (Phi) is 7.48. The number of nitrogens with one attached hydrogen (secondary N) is 1. The minimum atomic E-state index is -0.480. The predicted octanol–water partition coefficient (Wildman–Crippen LogP) is 3.84. The zero-order valence-corrected chi connectivity index (χ0v) is 15.6. The zero-order chi connectivity index (χ0) is 18.9. The fourth-order valence-electron chi connectivity index (χ4n) is 2.45. The number of carbonyl (C=O) groups is 2. The molecule has 6 heteroatoms. The van der Waals surface area contributed by atoms with E-state index < -0.39 is 6.04 Å². The molecule has 1 unspecified atom stereocenters. The van der Waals surface area contributed by atoms with Crippen LogP contribution in [0.3, 0.4) is 0 Å². The number of esters is 1. The monoisotopic (exact) mass is 375 g/mol. The maximum atomic E-state index is 12.3. The van der Waals surface area contributed by atoms with Gasteiger partial charge in [-0.2, -0.15) is 0 Å². The molecule has 0 fully saturated rings. The Hall–Kier alpha value is -2.53. The Morgan fingerprint density at radius 2 is 1.85 bits per heavy atom. The van der Waals surface area contributed by atoms with Crippen LogP contribution >= 0.6 is 11.6 Å².